The highest BCUT2D eigenvalue weighted by Gasteiger charge is 2.11. The number of rotatable bonds is 5. The summed E-state index contributed by atoms with van der Waals surface area (Å²) in [4.78, 5) is 4.30. The fraction of sp³-hybridized carbons (Fsp3) is 0.136. The lowest BCUT2D eigenvalue weighted by Crippen LogP contribution is -2.01. The van der Waals surface area contributed by atoms with Gasteiger partial charge in [-0.2, -0.15) is 0 Å². The molecule has 2 aromatic carbocycles. The van der Waals surface area contributed by atoms with Crippen molar-refractivity contribution in [3.8, 4) is 11.3 Å². The average Bonchev–Trinajstić information content (AvgIpc) is 2.63. The molecule has 0 aliphatic rings. The normalized spacial score (nSPS) is 10.5. The summed E-state index contributed by atoms with van der Waals surface area (Å²) in [6, 6.07) is 17.0. The Bertz CT molecular complexity index is 915. The number of hydrogen-bond acceptors (Lipinski definition) is 2. The number of anilines is 1. The quantitative estimate of drug-likeness (QED) is 0.635. The summed E-state index contributed by atoms with van der Waals surface area (Å²) in [5.41, 5.74) is 5.71. The van der Waals surface area contributed by atoms with Crippen molar-refractivity contribution in [2.24, 2.45) is 0 Å². The van der Waals surface area contributed by atoms with E-state index in [9.17, 15) is 4.39 Å². The molecule has 2 nitrogen and oxygen atoms in total. The number of nitrogens with zero attached hydrogens (tertiary/aromatic N) is 1. The van der Waals surface area contributed by atoms with Gasteiger partial charge in [0.15, 0.2) is 0 Å². The molecule has 1 aromatic heterocycles. The SMILES string of the molecule is C=C(Nc1ccccc1CC)c1ccc(-c2ncccc2C)c(F)c1. The fourth-order valence-corrected chi connectivity index (χ4v) is 2.85. The predicted molar refractivity (Wildman–Crippen MR) is 103 cm³/mol. The molecule has 1 heterocycles. The number of halogens is 1. The summed E-state index contributed by atoms with van der Waals surface area (Å²) in [6.07, 6.45) is 2.60. The number of hydrogen-bond donors (Lipinski definition) is 1. The van der Waals surface area contributed by atoms with E-state index in [-0.39, 0.29) is 5.82 Å². The van der Waals surface area contributed by atoms with Crippen LogP contribution in [0.15, 0.2) is 67.4 Å². The van der Waals surface area contributed by atoms with Crippen LogP contribution in [0.1, 0.15) is 23.6 Å². The fourth-order valence-electron chi connectivity index (χ4n) is 2.85. The molecule has 0 atom stereocenters. The molecule has 0 aliphatic carbocycles. The topological polar surface area (TPSA) is 24.9 Å². The van der Waals surface area contributed by atoms with Crippen LogP contribution in [0.2, 0.25) is 0 Å². The van der Waals surface area contributed by atoms with Crippen molar-refractivity contribution in [1.29, 1.82) is 0 Å². The van der Waals surface area contributed by atoms with Gasteiger partial charge < -0.3 is 5.32 Å². The second-order valence-corrected chi connectivity index (χ2v) is 5.98. The first kappa shape index (κ1) is 16.9. The van der Waals surface area contributed by atoms with Crippen LogP contribution in [-0.4, -0.2) is 4.98 Å². The van der Waals surface area contributed by atoms with Gasteiger partial charge in [0.1, 0.15) is 5.82 Å². The van der Waals surface area contributed by atoms with E-state index < -0.39 is 0 Å². The maximum Gasteiger partial charge on any atom is 0.133 e. The van der Waals surface area contributed by atoms with Gasteiger partial charge in [-0.3, -0.25) is 4.98 Å². The minimum atomic E-state index is -0.300. The third-order valence-corrected chi connectivity index (χ3v) is 4.27. The van der Waals surface area contributed by atoms with E-state index in [2.05, 4.69) is 29.9 Å². The maximum atomic E-state index is 14.7. The Morgan fingerprint density at radius 1 is 1.12 bits per heavy atom. The third-order valence-electron chi connectivity index (χ3n) is 4.27. The molecule has 0 bridgehead atoms. The van der Waals surface area contributed by atoms with Crippen molar-refractivity contribution in [2.45, 2.75) is 20.3 Å². The summed E-state index contributed by atoms with van der Waals surface area (Å²) in [5.74, 6) is -0.300. The third kappa shape index (κ3) is 3.61. The molecular weight excluding hydrogens is 311 g/mol. The lowest BCUT2D eigenvalue weighted by molar-refractivity contribution is 0.630. The highest BCUT2D eigenvalue weighted by atomic mass is 19.1. The van der Waals surface area contributed by atoms with E-state index in [0.717, 1.165) is 23.2 Å². The Kier molecular flexibility index (Phi) is 4.94. The minimum Gasteiger partial charge on any atom is -0.355 e. The van der Waals surface area contributed by atoms with Crippen molar-refractivity contribution in [2.75, 3.05) is 5.32 Å². The van der Waals surface area contributed by atoms with E-state index >= 15 is 0 Å². The summed E-state index contributed by atoms with van der Waals surface area (Å²) in [6.45, 7) is 8.10. The van der Waals surface area contributed by atoms with Gasteiger partial charge >= 0.3 is 0 Å². The highest BCUT2D eigenvalue weighted by molar-refractivity contribution is 5.78. The molecule has 0 amide bonds. The van der Waals surface area contributed by atoms with Crippen LogP contribution in [0.4, 0.5) is 10.1 Å². The van der Waals surface area contributed by atoms with Crippen molar-refractivity contribution in [3.05, 3.63) is 89.9 Å². The van der Waals surface area contributed by atoms with Crippen molar-refractivity contribution in [1.82, 2.24) is 4.98 Å². The molecule has 0 aliphatic heterocycles. The Balaban J connectivity index is 1.88. The molecule has 0 spiro atoms. The second-order valence-electron chi connectivity index (χ2n) is 5.98. The summed E-state index contributed by atoms with van der Waals surface area (Å²) >= 11 is 0. The van der Waals surface area contributed by atoms with Gasteiger partial charge in [0.25, 0.3) is 0 Å². The number of nitrogens with one attached hydrogen (secondary N) is 1. The number of para-hydroxylation sites is 1. The largest absolute Gasteiger partial charge is 0.355 e. The number of benzene rings is 2. The summed E-state index contributed by atoms with van der Waals surface area (Å²) < 4.78 is 14.7. The van der Waals surface area contributed by atoms with Crippen molar-refractivity contribution < 1.29 is 4.39 Å². The van der Waals surface area contributed by atoms with E-state index in [1.807, 2.05) is 43.3 Å². The van der Waals surface area contributed by atoms with Crippen LogP contribution in [0.25, 0.3) is 17.0 Å². The summed E-state index contributed by atoms with van der Waals surface area (Å²) in [5, 5.41) is 3.30. The van der Waals surface area contributed by atoms with Gasteiger partial charge in [-0.25, -0.2) is 4.39 Å². The van der Waals surface area contributed by atoms with Gasteiger partial charge in [-0.05, 0) is 48.7 Å². The monoisotopic (exact) mass is 332 g/mol. The molecular formula is C22H21FN2. The molecule has 0 fully saturated rings. The molecule has 0 unspecified atom stereocenters. The molecule has 0 saturated carbocycles. The molecule has 25 heavy (non-hydrogen) atoms. The molecule has 126 valence electrons. The number of aromatic nitrogens is 1. The molecule has 0 saturated heterocycles. The first-order chi connectivity index (χ1) is 12.1. The predicted octanol–water partition coefficient (Wildman–Crippen LogP) is 5.84. The van der Waals surface area contributed by atoms with E-state index in [1.54, 1.807) is 12.3 Å². The van der Waals surface area contributed by atoms with Gasteiger partial charge in [0.2, 0.25) is 0 Å². The lowest BCUT2D eigenvalue weighted by atomic mass is 10.0. The molecule has 3 rings (SSSR count). The average molecular weight is 332 g/mol. The first-order valence-electron chi connectivity index (χ1n) is 8.36. The zero-order valence-electron chi connectivity index (χ0n) is 14.5. The highest BCUT2D eigenvalue weighted by Crippen LogP contribution is 2.27. The molecule has 3 aromatic rings. The van der Waals surface area contributed by atoms with Crippen molar-refractivity contribution in [3.63, 3.8) is 0 Å². The zero-order valence-corrected chi connectivity index (χ0v) is 14.5. The van der Waals surface area contributed by atoms with Crippen LogP contribution in [-0.2, 0) is 6.42 Å². The Morgan fingerprint density at radius 2 is 1.92 bits per heavy atom. The molecule has 1 N–H and O–H groups in total. The van der Waals surface area contributed by atoms with Gasteiger partial charge in [-0.1, -0.05) is 43.8 Å². The lowest BCUT2D eigenvalue weighted by Gasteiger charge is -2.14. The van der Waals surface area contributed by atoms with E-state index in [4.69, 9.17) is 0 Å². The Hall–Kier alpha value is -2.94. The summed E-state index contributed by atoms with van der Waals surface area (Å²) in [7, 11) is 0. The van der Waals surface area contributed by atoms with Crippen LogP contribution in [0.3, 0.4) is 0 Å². The van der Waals surface area contributed by atoms with Crippen LogP contribution in [0, 0.1) is 12.7 Å². The van der Waals surface area contributed by atoms with E-state index in [0.29, 0.717) is 17.0 Å². The minimum absolute atomic E-state index is 0.300. The second kappa shape index (κ2) is 7.31. The molecule has 3 heteroatoms. The first-order valence-corrected chi connectivity index (χ1v) is 8.36. The van der Waals surface area contributed by atoms with Crippen molar-refractivity contribution >= 4 is 11.4 Å². The number of aryl methyl sites for hydroxylation is 2. The van der Waals surface area contributed by atoms with Gasteiger partial charge in [-0.15, -0.1) is 0 Å². The van der Waals surface area contributed by atoms with Crippen LogP contribution < -0.4 is 5.32 Å². The van der Waals surface area contributed by atoms with Gasteiger partial charge in [0, 0.05) is 28.7 Å². The van der Waals surface area contributed by atoms with Crippen LogP contribution in [0.5, 0.6) is 0 Å². The maximum absolute atomic E-state index is 14.7. The Labute approximate surface area is 148 Å². The standard InChI is InChI=1S/C22H21FN2/c1-4-17-9-5-6-10-21(17)25-16(3)18-11-12-19(20(23)14-18)22-15(2)8-7-13-24-22/h5-14,25H,3-4H2,1-2H3. The zero-order chi connectivity index (χ0) is 17.8. The van der Waals surface area contributed by atoms with Gasteiger partial charge in [0.05, 0.1) is 5.69 Å². The number of pyridine rings is 1. The Morgan fingerprint density at radius 3 is 2.64 bits per heavy atom. The molecule has 0 radical (unpaired) electrons. The van der Waals surface area contributed by atoms with E-state index in [1.165, 1.54) is 11.6 Å². The smallest absolute Gasteiger partial charge is 0.133 e. The van der Waals surface area contributed by atoms with Crippen LogP contribution >= 0.6 is 0 Å².